The van der Waals surface area contributed by atoms with Crippen molar-refractivity contribution in [2.75, 3.05) is 6.61 Å². The van der Waals surface area contributed by atoms with Crippen molar-refractivity contribution in [2.45, 2.75) is 13.8 Å². The molecule has 0 amide bonds. The van der Waals surface area contributed by atoms with Gasteiger partial charge in [-0.05, 0) is 37.6 Å². The third-order valence-electron chi connectivity index (χ3n) is 3.81. The number of para-hydroxylation sites is 1. The number of hydrogen-bond acceptors (Lipinski definition) is 4. The van der Waals surface area contributed by atoms with Gasteiger partial charge in [0.15, 0.2) is 0 Å². The van der Waals surface area contributed by atoms with Gasteiger partial charge in [0.25, 0.3) is 0 Å². The third-order valence-corrected chi connectivity index (χ3v) is 3.81. The van der Waals surface area contributed by atoms with Gasteiger partial charge in [0.05, 0.1) is 6.61 Å². The second-order valence-electron chi connectivity index (χ2n) is 5.27. The van der Waals surface area contributed by atoms with E-state index in [-0.39, 0.29) is 5.76 Å². The second kappa shape index (κ2) is 4.63. The summed E-state index contributed by atoms with van der Waals surface area (Å²) in [4.78, 5) is 11.8. The third kappa shape index (κ3) is 1.80. The molecule has 4 heteroatoms. The number of furan rings is 2. The molecule has 0 aliphatic heterocycles. The highest BCUT2D eigenvalue weighted by Crippen LogP contribution is 2.34. The zero-order chi connectivity index (χ0) is 15.3. The van der Waals surface area contributed by atoms with Crippen molar-refractivity contribution in [3.05, 3.63) is 47.7 Å². The highest BCUT2D eigenvalue weighted by molar-refractivity contribution is 6.10. The number of esters is 1. The number of carbonyl (C=O) groups is 1. The Kier molecular flexibility index (Phi) is 2.73. The summed E-state index contributed by atoms with van der Waals surface area (Å²) < 4.78 is 16.5. The Bertz CT molecular complexity index is 1020. The lowest BCUT2D eigenvalue weighted by molar-refractivity contribution is 0.0492. The van der Waals surface area contributed by atoms with E-state index in [4.69, 9.17) is 13.6 Å². The lowest BCUT2D eigenvalue weighted by Gasteiger charge is -1.95. The molecule has 2 aromatic carbocycles. The monoisotopic (exact) mass is 294 g/mol. The first-order chi connectivity index (χ1) is 10.7. The molecule has 2 heterocycles. The van der Waals surface area contributed by atoms with Gasteiger partial charge in [0, 0.05) is 16.2 Å². The summed E-state index contributed by atoms with van der Waals surface area (Å²) in [6, 6.07) is 11.5. The Morgan fingerprint density at radius 3 is 2.77 bits per heavy atom. The molecule has 0 aliphatic carbocycles. The smallest absolute Gasteiger partial charge is 0.374 e. The molecule has 4 rings (SSSR count). The number of carbonyl (C=O) groups excluding carboxylic acids is 1. The van der Waals surface area contributed by atoms with Gasteiger partial charge in [-0.3, -0.25) is 0 Å². The van der Waals surface area contributed by atoms with Crippen molar-refractivity contribution in [3.63, 3.8) is 0 Å². The summed E-state index contributed by atoms with van der Waals surface area (Å²) >= 11 is 0. The first-order valence-corrected chi connectivity index (χ1v) is 7.20. The first-order valence-electron chi connectivity index (χ1n) is 7.20. The molecule has 0 aliphatic rings. The normalized spacial score (nSPS) is 11.5. The number of ether oxygens (including phenoxy) is 1. The Labute approximate surface area is 126 Å². The first kappa shape index (κ1) is 13.0. The average Bonchev–Trinajstić information content (AvgIpc) is 3.07. The van der Waals surface area contributed by atoms with E-state index in [1.165, 1.54) is 0 Å². The number of aryl methyl sites for hydroxylation is 1. The molecule has 22 heavy (non-hydrogen) atoms. The van der Waals surface area contributed by atoms with Crippen LogP contribution < -0.4 is 0 Å². The van der Waals surface area contributed by atoms with Gasteiger partial charge in [-0.2, -0.15) is 0 Å². The minimum absolute atomic E-state index is 0.213. The van der Waals surface area contributed by atoms with Gasteiger partial charge in [-0.25, -0.2) is 4.79 Å². The Balaban J connectivity index is 1.97. The standard InChI is InChI=1S/C18H14O4/c1-3-20-18(19)16-8-11-7-15-13(9-14(11)21-16)12-6-4-5-10(2)17(12)22-15/h4-9H,3H2,1-2H3. The zero-order valence-electron chi connectivity index (χ0n) is 12.3. The molecule has 110 valence electrons. The molecule has 2 aromatic heterocycles. The van der Waals surface area contributed by atoms with Crippen LogP contribution in [-0.4, -0.2) is 12.6 Å². The summed E-state index contributed by atoms with van der Waals surface area (Å²) in [5.74, 6) is -0.235. The van der Waals surface area contributed by atoms with Crippen LogP contribution in [0.5, 0.6) is 0 Å². The number of hydrogen-bond donors (Lipinski definition) is 0. The molecule has 0 spiro atoms. The van der Waals surface area contributed by atoms with Gasteiger partial charge >= 0.3 is 5.97 Å². The Morgan fingerprint density at radius 1 is 1.09 bits per heavy atom. The highest BCUT2D eigenvalue weighted by atomic mass is 16.5. The minimum atomic E-state index is -0.448. The van der Waals surface area contributed by atoms with Crippen LogP contribution >= 0.6 is 0 Å². The van der Waals surface area contributed by atoms with E-state index in [1.54, 1.807) is 13.0 Å². The SMILES string of the molecule is CCOC(=O)c1cc2cc3oc4c(C)cccc4c3cc2o1. The van der Waals surface area contributed by atoms with E-state index in [2.05, 4.69) is 0 Å². The van der Waals surface area contributed by atoms with Crippen LogP contribution in [0.3, 0.4) is 0 Å². The van der Waals surface area contributed by atoms with E-state index >= 15 is 0 Å². The highest BCUT2D eigenvalue weighted by Gasteiger charge is 2.16. The van der Waals surface area contributed by atoms with Crippen molar-refractivity contribution in [2.24, 2.45) is 0 Å². The summed E-state index contributed by atoms with van der Waals surface area (Å²) in [6.45, 7) is 4.11. The minimum Gasteiger partial charge on any atom is -0.460 e. The van der Waals surface area contributed by atoms with E-state index < -0.39 is 5.97 Å². The summed E-state index contributed by atoms with van der Waals surface area (Å²) in [5.41, 5.74) is 3.42. The second-order valence-corrected chi connectivity index (χ2v) is 5.27. The number of fused-ring (bicyclic) bond motifs is 4. The maximum Gasteiger partial charge on any atom is 0.374 e. The van der Waals surface area contributed by atoms with Crippen LogP contribution in [0.4, 0.5) is 0 Å². The fourth-order valence-electron chi connectivity index (χ4n) is 2.77. The molecule has 0 atom stereocenters. The van der Waals surface area contributed by atoms with E-state index in [0.717, 1.165) is 32.9 Å². The van der Waals surface area contributed by atoms with Gasteiger partial charge in [-0.15, -0.1) is 0 Å². The van der Waals surface area contributed by atoms with Crippen molar-refractivity contribution < 1.29 is 18.4 Å². The van der Waals surface area contributed by atoms with Crippen LogP contribution in [0.1, 0.15) is 23.0 Å². The van der Waals surface area contributed by atoms with E-state index in [9.17, 15) is 4.79 Å². The fraction of sp³-hybridized carbons (Fsp3) is 0.167. The lowest BCUT2D eigenvalue weighted by atomic mass is 10.1. The molecule has 0 radical (unpaired) electrons. The fourth-order valence-corrected chi connectivity index (χ4v) is 2.77. The predicted octanol–water partition coefficient (Wildman–Crippen LogP) is 4.82. The van der Waals surface area contributed by atoms with Crippen LogP contribution in [0.15, 0.2) is 45.2 Å². The predicted molar refractivity (Wildman–Crippen MR) is 84.2 cm³/mol. The molecule has 0 saturated carbocycles. The molecular weight excluding hydrogens is 280 g/mol. The molecule has 0 fully saturated rings. The van der Waals surface area contributed by atoms with Crippen LogP contribution in [-0.2, 0) is 4.74 Å². The number of benzene rings is 2. The van der Waals surface area contributed by atoms with Crippen LogP contribution in [0.25, 0.3) is 32.9 Å². The molecule has 0 N–H and O–H groups in total. The molecule has 0 unspecified atom stereocenters. The van der Waals surface area contributed by atoms with Gasteiger partial charge in [0.1, 0.15) is 16.7 Å². The lowest BCUT2D eigenvalue weighted by Crippen LogP contribution is -2.02. The summed E-state index contributed by atoms with van der Waals surface area (Å²) in [7, 11) is 0. The van der Waals surface area contributed by atoms with E-state index in [0.29, 0.717) is 12.2 Å². The van der Waals surface area contributed by atoms with E-state index in [1.807, 2.05) is 37.3 Å². The Morgan fingerprint density at radius 2 is 1.95 bits per heavy atom. The van der Waals surface area contributed by atoms with Gasteiger partial charge < -0.3 is 13.6 Å². The molecule has 4 nitrogen and oxygen atoms in total. The molecular formula is C18H14O4. The molecule has 0 saturated heterocycles. The van der Waals surface area contributed by atoms with Crippen LogP contribution in [0, 0.1) is 6.92 Å². The summed E-state index contributed by atoms with van der Waals surface area (Å²) in [6.07, 6.45) is 0. The number of rotatable bonds is 2. The molecule has 4 aromatic rings. The maximum atomic E-state index is 11.8. The van der Waals surface area contributed by atoms with Gasteiger partial charge in [-0.1, -0.05) is 18.2 Å². The quantitative estimate of drug-likeness (QED) is 0.497. The zero-order valence-corrected chi connectivity index (χ0v) is 12.3. The van der Waals surface area contributed by atoms with Crippen molar-refractivity contribution in [3.8, 4) is 0 Å². The topological polar surface area (TPSA) is 52.6 Å². The maximum absolute atomic E-state index is 11.8. The van der Waals surface area contributed by atoms with Crippen molar-refractivity contribution >= 4 is 38.9 Å². The van der Waals surface area contributed by atoms with Gasteiger partial charge in [0.2, 0.25) is 5.76 Å². The van der Waals surface area contributed by atoms with Crippen molar-refractivity contribution in [1.29, 1.82) is 0 Å². The van der Waals surface area contributed by atoms with Crippen molar-refractivity contribution in [1.82, 2.24) is 0 Å². The molecule has 0 bridgehead atoms. The average molecular weight is 294 g/mol. The summed E-state index contributed by atoms with van der Waals surface area (Å²) in [5, 5.41) is 2.86. The van der Waals surface area contributed by atoms with Crippen LogP contribution in [0.2, 0.25) is 0 Å². The Hall–Kier alpha value is -2.75. The largest absolute Gasteiger partial charge is 0.460 e.